The molecule has 0 spiro atoms. The summed E-state index contributed by atoms with van der Waals surface area (Å²) in [5.41, 5.74) is 11.8. The van der Waals surface area contributed by atoms with E-state index in [4.69, 9.17) is 4.74 Å². The zero-order valence-electron chi connectivity index (χ0n) is 21.8. The molecule has 3 aromatic carbocycles. The van der Waals surface area contributed by atoms with Crippen LogP contribution in [0.4, 0.5) is 11.4 Å². The van der Waals surface area contributed by atoms with E-state index in [9.17, 15) is 0 Å². The lowest BCUT2D eigenvalue weighted by Crippen LogP contribution is -2.47. The minimum atomic E-state index is -0.275. The third-order valence-corrected chi connectivity index (χ3v) is 8.02. The van der Waals surface area contributed by atoms with Crippen LogP contribution in [-0.2, 0) is 0 Å². The summed E-state index contributed by atoms with van der Waals surface area (Å²) in [5, 5.41) is 0. The van der Waals surface area contributed by atoms with Crippen molar-refractivity contribution in [1.29, 1.82) is 0 Å². The highest BCUT2D eigenvalue weighted by Gasteiger charge is 2.45. The lowest BCUT2D eigenvalue weighted by Gasteiger charge is -2.39. The van der Waals surface area contributed by atoms with Crippen LogP contribution in [0.15, 0.2) is 48.5 Å². The van der Waals surface area contributed by atoms with Crippen molar-refractivity contribution < 1.29 is 4.74 Å². The van der Waals surface area contributed by atoms with Crippen LogP contribution >= 0.6 is 0 Å². The van der Waals surface area contributed by atoms with Gasteiger partial charge in [-0.3, -0.25) is 0 Å². The molecule has 0 amide bonds. The molecule has 0 N–H and O–H groups in total. The van der Waals surface area contributed by atoms with E-state index in [0.717, 1.165) is 31.9 Å². The second-order valence-electron chi connectivity index (χ2n) is 10.8. The van der Waals surface area contributed by atoms with Crippen LogP contribution < -0.4 is 14.5 Å². The smallest absolute Gasteiger partial charge is 0.127 e. The molecule has 3 aromatic rings. The lowest BCUT2D eigenvalue weighted by atomic mass is 9.78. The first kappa shape index (κ1) is 22.8. The third-order valence-electron chi connectivity index (χ3n) is 8.02. The van der Waals surface area contributed by atoms with Crippen LogP contribution in [0.2, 0.25) is 0 Å². The van der Waals surface area contributed by atoms with Crippen LogP contribution in [0.3, 0.4) is 0 Å². The molecular formula is C31H38N2O. The average Bonchev–Trinajstić information content (AvgIpc) is 3.11. The number of anilines is 2. The lowest BCUT2D eigenvalue weighted by molar-refractivity contribution is 0.121. The Hall–Kier alpha value is -2.94. The van der Waals surface area contributed by atoms with Gasteiger partial charge in [-0.25, -0.2) is 0 Å². The molecular weight excluding hydrogens is 416 g/mol. The van der Waals surface area contributed by atoms with Gasteiger partial charge in [-0.1, -0.05) is 47.5 Å². The summed E-state index contributed by atoms with van der Waals surface area (Å²) in [6, 6.07) is 18.0. The molecule has 0 aliphatic carbocycles. The summed E-state index contributed by atoms with van der Waals surface area (Å²) in [7, 11) is 0. The zero-order chi connectivity index (χ0) is 24.2. The molecule has 0 bridgehead atoms. The fraction of sp³-hybridized carbons (Fsp3) is 0.419. The van der Waals surface area contributed by atoms with E-state index < -0.39 is 0 Å². The number of benzene rings is 3. The second kappa shape index (κ2) is 8.37. The van der Waals surface area contributed by atoms with E-state index in [2.05, 4.69) is 107 Å². The molecule has 0 aromatic heterocycles. The van der Waals surface area contributed by atoms with Crippen molar-refractivity contribution in [2.45, 2.75) is 60.0 Å². The maximum absolute atomic E-state index is 6.68. The fourth-order valence-electron chi connectivity index (χ4n) is 6.02. The molecule has 0 saturated carbocycles. The van der Waals surface area contributed by atoms with E-state index >= 15 is 0 Å². The van der Waals surface area contributed by atoms with Gasteiger partial charge in [-0.2, -0.15) is 0 Å². The van der Waals surface area contributed by atoms with Gasteiger partial charge < -0.3 is 14.5 Å². The van der Waals surface area contributed by atoms with E-state index in [-0.39, 0.29) is 11.5 Å². The highest BCUT2D eigenvalue weighted by atomic mass is 16.5. The summed E-state index contributed by atoms with van der Waals surface area (Å²) in [5.74, 6) is 1.34. The molecule has 5 rings (SSSR count). The van der Waals surface area contributed by atoms with Crippen molar-refractivity contribution in [2.24, 2.45) is 0 Å². The van der Waals surface area contributed by atoms with Crippen molar-refractivity contribution in [3.63, 3.8) is 0 Å². The van der Waals surface area contributed by atoms with Gasteiger partial charge in [-0.05, 0) is 82.9 Å². The maximum Gasteiger partial charge on any atom is 0.127 e. The number of hydrogen-bond acceptors (Lipinski definition) is 3. The second-order valence-corrected chi connectivity index (χ2v) is 10.8. The fourth-order valence-corrected chi connectivity index (χ4v) is 6.02. The predicted molar refractivity (Wildman–Crippen MR) is 144 cm³/mol. The van der Waals surface area contributed by atoms with Gasteiger partial charge >= 0.3 is 0 Å². The minimum Gasteiger partial charge on any atom is -0.486 e. The maximum atomic E-state index is 6.68. The Bertz CT molecular complexity index is 1200. The van der Waals surface area contributed by atoms with Crippen molar-refractivity contribution in [3.05, 3.63) is 87.5 Å². The summed E-state index contributed by atoms with van der Waals surface area (Å²) in [6.45, 7) is 19.8. The average molecular weight is 455 g/mol. The molecule has 2 aliphatic rings. The normalized spacial score (nSPS) is 19.2. The molecule has 0 radical (unpaired) electrons. The first-order valence-corrected chi connectivity index (χ1v) is 12.6. The first-order valence-electron chi connectivity index (χ1n) is 12.6. The molecule has 2 heterocycles. The molecule has 3 heteroatoms. The molecule has 34 heavy (non-hydrogen) atoms. The number of nitrogens with zero attached hydrogens (tertiary/aromatic N) is 2. The molecule has 1 unspecified atom stereocenters. The molecule has 1 fully saturated rings. The van der Waals surface area contributed by atoms with Crippen LogP contribution in [0.25, 0.3) is 0 Å². The molecule has 3 nitrogen and oxygen atoms in total. The Kier molecular flexibility index (Phi) is 5.62. The Morgan fingerprint density at radius 3 is 1.79 bits per heavy atom. The number of fused-ring (bicyclic) bond motifs is 1. The van der Waals surface area contributed by atoms with E-state index in [1.54, 1.807) is 0 Å². The number of piperazine rings is 1. The Morgan fingerprint density at radius 1 is 0.676 bits per heavy atom. The van der Waals surface area contributed by atoms with Gasteiger partial charge in [0, 0.05) is 43.1 Å². The standard InChI is InChI=1S/C31H38N2O/c1-20-8-12-25(13-9-20)28-27-24(5)29(22(3)23(4)30(27)34-31(28,6)7)33-18-16-32(17-19-33)26-14-10-21(2)11-15-26/h8-15,28H,16-19H2,1-7H3. The van der Waals surface area contributed by atoms with Crippen LogP contribution in [0, 0.1) is 34.6 Å². The molecule has 178 valence electrons. The first-order chi connectivity index (χ1) is 16.2. The summed E-state index contributed by atoms with van der Waals surface area (Å²) in [4.78, 5) is 5.13. The summed E-state index contributed by atoms with van der Waals surface area (Å²) >= 11 is 0. The van der Waals surface area contributed by atoms with Gasteiger partial charge in [0.2, 0.25) is 0 Å². The summed E-state index contributed by atoms with van der Waals surface area (Å²) < 4.78 is 6.68. The van der Waals surface area contributed by atoms with Crippen LogP contribution in [0.1, 0.15) is 58.7 Å². The molecule has 1 atom stereocenters. The Morgan fingerprint density at radius 2 is 1.21 bits per heavy atom. The van der Waals surface area contributed by atoms with Crippen LogP contribution in [-0.4, -0.2) is 31.8 Å². The zero-order valence-corrected chi connectivity index (χ0v) is 21.8. The van der Waals surface area contributed by atoms with Crippen molar-refractivity contribution >= 4 is 11.4 Å². The van der Waals surface area contributed by atoms with E-state index in [0.29, 0.717) is 0 Å². The van der Waals surface area contributed by atoms with Gasteiger partial charge in [0.25, 0.3) is 0 Å². The molecule has 2 aliphatic heterocycles. The van der Waals surface area contributed by atoms with Gasteiger partial charge in [0.05, 0.1) is 5.92 Å². The summed E-state index contributed by atoms with van der Waals surface area (Å²) in [6.07, 6.45) is 0. The quantitative estimate of drug-likeness (QED) is 0.430. The largest absolute Gasteiger partial charge is 0.486 e. The number of aryl methyl sites for hydroxylation is 2. The van der Waals surface area contributed by atoms with Crippen LogP contribution in [0.5, 0.6) is 5.75 Å². The third kappa shape index (κ3) is 3.76. The SMILES string of the molecule is Cc1ccc(C2c3c(C)c(N4CCN(c5ccc(C)cc5)CC4)c(C)c(C)c3OC2(C)C)cc1. The highest BCUT2D eigenvalue weighted by Crippen LogP contribution is 2.54. The van der Waals surface area contributed by atoms with Crippen molar-refractivity contribution in [1.82, 2.24) is 0 Å². The number of hydrogen-bond donors (Lipinski definition) is 0. The van der Waals surface area contributed by atoms with E-state index in [1.807, 2.05) is 0 Å². The predicted octanol–water partition coefficient (Wildman–Crippen LogP) is 6.86. The highest BCUT2D eigenvalue weighted by molar-refractivity contribution is 5.72. The van der Waals surface area contributed by atoms with Gasteiger partial charge in [0.15, 0.2) is 0 Å². The molecule has 1 saturated heterocycles. The Balaban J connectivity index is 1.51. The van der Waals surface area contributed by atoms with Gasteiger partial charge in [-0.15, -0.1) is 0 Å². The van der Waals surface area contributed by atoms with Gasteiger partial charge in [0.1, 0.15) is 11.4 Å². The topological polar surface area (TPSA) is 15.7 Å². The number of ether oxygens (including phenoxy) is 1. The number of rotatable bonds is 3. The Labute approximate surface area is 205 Å². The van der Waals surface area contributed by atoms with Crippen molar-refractivity contribution in [3.8, 4) is 5.75 Å². The van der Waals surface area contributed by atoms with E-state index in [1.165, 1.54) is 50.3 Å². The minimum absolute atomic E-state index is 0.231. The monoisotopic (exact) mass is 454 g/mol. The van der Waals surface area contributed by atoms with Crippen molar-refractivity contribution in [2.75, 3.05) is 36.0 Å².